The fraction of sp³-hybridized carbons (Fsp3) is 0.474. The molecule has 0 aliphatic carbocycles. The number of hydrogen-bond donors (Lipinski definition) is 2. The summed E-state index contributed by atoms with van der Waals surface area (Å²) in [4.78, 5) is 15.1. The zero-order chi connectivity index (χ0) is 18.7. The van der Waals surface area contributed by atoms with Gasteiger partial charge in [-0.25, -0.2) is 0 Å². The Morgan fingerprint density at radius 1 is 1.31 bits per heavy atom. The average molecular weight is 375 g/mol. The van der Waals surface area contributed by atoms with Crippen molar-refractivity contribution >= 4 is 23.2 Å². The Hall–Kier alpha value is -2.12. The number of rotatable bonds is 4. The second-order valence-corrected chi connectivity index (χ2v) is 7.09. The standard InChI is InChI=1S/C19H25N3O3S/c1-12(2)25-15-7-5-4-6-14(15)17-16(13(3)20-19(26)21-17)18(23)22-8-10-24-11-9-22/h4-7,12,17H,8-11H2,1-3H3,(H2,20,21,26)/t17-/m0/s1. The highest BCUT2D eigenvalue weighted by atomic mass is 32.1. The summed E-state index contributed by atoms with van der Waals surface area (Å²) in [5, 5.41) is 6.85. The molecule has 26 heavy (non-hydrogen) atoms. The molecular weight excluding hydrogens is 350 g/mol. The molecule has 0 radical (unpaired) electrons. The van der Waals surface area contributed by atoms with Crippen molar-refractivity contribution in [2.24, 2.45) is 0 Å². The topological polar surface area (TPSA) is 62.8 Å². The van der Waals surface area contributed by atoms with E-state index in [1.54, 1.807) is 0 Å². The molecule has 1 aromatic carbocycles. The van der Waals surface area contributed by atoms with Gasteiger partial charge in [0.15, 0.2) is 5.11 Å². The van der Waals surface area contributed by atoms with Crippen LogP contribution in [0.3, 0.4) is 0 Å². The molecule has 2 heterocycles. The van der Waals surface area contributed by atoms with Gasteiger partial charge in [0, 0.05) is 24.4 Å². The van der Waals surface area contributed by atoms with Gasteiger partial charge in [-0.2, -0.15) is 0 Å². The average Bonchev–Trinajstić information content (AvgIpc) is 2.61. The van der Waals surface area contributed by atoms with Gasteiger partial charge in [-0.05, 0) is 39.1 Å². The predicted molar refractivity (Wildman–Crippen MR) is 104 cm³/mol. The Bertz CT molecular complexity index is 726. The fourth-order valence-corrected chi connectivity index (χ4v) is 3.50. The number of amides is 1. The smallest absolute Gasteiger partial charge is 0.254 e. The molecule has 140 valence electrons. The van der Waals surface area contributed by atoms with Gasteiger partial charge < -0.3 is 25.0 Å². The van der Waals surface area contributed by atoms with E-state index >= 15 is 0 Å². The minimum absolute atomic E-state index is 0.00218. The van der Waals surface area contributed by atoms with Crippen LogP contribution in [0.15, 0.2) is 35.5 Å². The van der Waals surface area contributed by atoms with Gasteiger partial charge in [0.25, 0.3) is 5.91 Å². The first-order valence-corrected chi connectivity index (χ1v) is 9.29. The Balaban J connectivity index is 1.99. The number of ether oxygens (including phenoxy) is 2. The number of hydrogen-bond acceptors (Lipinski definition) is 4. The summed E-state index contributed by atoms with van der Waals surface area (Å²) in [5.74, 6) is 0.752. The van der Waals surface area contributed by atoms with E-state index in [-0.39, 0.29) is 18.1 Å². The lowest BCUT2D eigenvalue weighted by atomic mass is 9.93. The van der Waals surface area contributed by atoms with Gasteiger partial charge in [0.2, 0.25) is 0 Å². The molecule has 0 unspecified atom stereocenters. The number of morpholine rings is 1. The van der Waals surface area contributed by atoms with E-state index in [4.69, 9.17) is 21.7 Å². The first-order valence-electron chi connectivity index (χ1n) is 8.88. The second-order valence-electron chi connectivity index (χ2n) is 6.68. The highest BCUT2D eigenvalue weighted by molar-refractivity contribution is 7.80. The van der Waals surface area contributed by atoms with Crippen LogP contribution in [0.5, 0.6) is 5.75 Å². The molecule has 1 amide bonds. The number of benzene rings is 1. The molecule has 1 fully saturated rings. The van der Waals surface area contributed by atoms with Crippen molar-refractivity contribution in [3.8, 4) is 5.75 Å². The van der Waals surface area contributed by atoms with Crippen molar-refractivity contribution in [2.45, 2.75) is 32.9 Å². The SMILES string of the molecule is CC1=C(C(=O)N2CCOCC2)[C@H](c2ccccc2OC(C)C)NC(=S)N1. The lowest BCUT2D eigenvalue weighted by Crippen LogP contribution is -2.49. The van der Waals surface area contributed by atoms with Crippen LogP contribution < -0.4 is 15.4 Å². The summed E-state index contributed by atoms with van der Waals surface area (Å²) in [5.41, 5.74) is 2.34. The molecule has 0 aromatic heterocycles. The third kappa shape index (κ3) is 3.99. The van der Waals surface area contributed by atoms with Crippen LogP contribution in [0.25, 0.3) is 0 Å². The Morgan fingerprint density at radius 3 is 2.69 bits per heavy atom. The largest absolute Gasteiger partial charge is 0.491 e. The minimum atomic E-state index is -0.353. The van der Waals surface area contributed by atoms with Crippen molar-refractivity contribution in [1.82, 2.24) is 15.5 Å². The van der Waals surface area contributed by atoms with Crippen molar-refractivity contribution in [3.05, 3.63) is 41.1 Å². The molecule has 2 N–H and O–H groups in total. The van der Waals surface area contributed by atoms with E-state index in [1.807, 2.05) is 49.9 Å². The lowest BCUT2D eigenvalue weighted by Gasteiger charge is -2.35. The number of thiocarbonyl (C=S) groups is 1. The first-order chi connectivity index (χ1) is 12.5. The lowest BCUT2D eigenvalue weighted by molar-refractivity contribution is -0.131. The van der Waals surface area contributed by atoms with Gasteiger partial charge in [-0.15, -0.1) is 0 Å². The van der Waals surface area contributed by atoms with Gasteiger partial charge in [-0.1, -0.05) is 18.2 Å². The van der Waals surface area contributed by atoms with E-state index in [9.17, 15) is 4.79 Å². The predicted octanol–water partition coefficient (Wildman–Crippen LogP) is 2.13. The van der Waals surface area contributed by atoms with Gasteiger partial charge >= 0.3 is 0 Å². The molecule has 7 heteroatoms. The maximum Gasteiger partial charge on any atom is 0.254 e. The van der Waals surface area contributed by atoms with Gasteiger partial charge in [0.1, 0.15) is 5.75 Å². The molecule has 3 rings (SSSR count). The maximum absolute atomic E-state index is 13.2. The molecule has 0 spiro atoms. The molecule has 6 nitrogen and oxygen atoms in total. The number of nitrogens with one attached hydrogen (secondary N) is 2. The van der Waals surface area contributed by atoms with Crippen LogP contribution in [-0.2, 0) is 9.53 Å². The van der Waals surface area contributed by atoms with Crippen molar-refractivity contribution < 1.29 is 14.3 Å². The summed E-state index contributed by atoms with van der Waals surface area (Å²) in [7, 11) is 0. The summed E-state index contributed by atoms with van der Waals surface area (Å²) in [6.07, 6.45) is 0.0355. The summed E-state index contributed by atoms with van der Waals surface area (Å²) in [6.45, 7) is 8.17. The zero-order valence-corrected chi connectivity index (χ0v) is 16.2. The van der Waals surface area contributed by atoms with E-state index in [0.717, 1.165) is 17.0 Å². The zero-order valence-electron chi connectivity index (χ0n) is 15.4. The molecule has 1 aromatic rings. The van der Waals surface area contributed by atoms with Crippen LogP contribution in [0.4, 0.5) is 0 Å². The molecule has 2 aliphatic rings. The van der Waals surface area contributed by atoms with Crippen LogP contribution >= 0.6 is 12.2 Å². The number of nitrogens with zero attached hydrogens (tertiary/aromatic N) is 1. The normalized spacial score (nSPS) is 20.7. The molecule has 1 atom stereocenters. The number of carbonyl (C=O) groups is 1. The molecule has 0 bridgehead atoms. The van der Waals surface area contributed by atoms with Crippen molar-refractivity contribution in [3.63, 3.8) is 0 Å². The van der Waals surface area contributed by atoms with Gasteiger partial charge in [0.05, 0.1) is 30.9 Å². The number of para-hydroxylation sites is 1. The molecule has 1 saturated heterocycles. The van der Waals surface area contributed by atoms with Crippen LogP contribution in [-0.4, -0.2) is 48.3 Å². The van der Waals surface area contributed by atoms with Crippen molar-refractivity contribution in [2.75, 3.05) is 26.3 Å². The highest BCUT2D eigenvalue weighted by Gasteiger charge is 2.34. The van der Waals surface area contributed by atoms with E-state index < -0.39 is 0 Å². The van der Waals surface area contributed by atoms with Crippen molar-refractivity contribution in [1.29, 1.82) is 0 Å². The highest BCUT2D eigenvalue weighted by Crippen LogP contribution is 2.34. The maximum atomic E-state index is 13.2. The van der Waals surface area contributed by atoms with Crippen LogP contribution in [0.2, 0.25) is 0 Å². The van der Waals surface area contributed by atoms with Crippen LogP contribution in [0, 0.1) is 0 Å². The molecule has 0 saturated carbocycles. The van der Waals surface area contributed by atoms with Crippen LogP contribution in [0.1, 0.15) is 32.4 Å². The molecule has 2 aliphatic heterocycles. The summed E-state index contributed by atoms with van der Waals surface area (Å²) in [6, 6.07) is 7.42. The second kappa shape index (κ2) is 8.05. The Kier molecular flexibility index (Phi) is 5.78. The van der Waals surface area contributed by atoms with E-state index in [1.165, 1.54) is 0 Å². The fourth-order valence-electron chi connectivity index (χ4n) is 3.23. The van der Waals surface area contributed by atoms with E-state index in [0.29, 0.717) is 37.0 Å². The quantitative estimate of drug-likeness (QED) is 0.786. The number of allylic oxidation sites excluding steroid dienone is 1. The Labute approximate surface area is 159 Å². The first kappa shape index (κ1) is 18.7. The monoisotopic (exact) mass is 375 g/mol. The number of carbonyl (C=O) groups excluding carboxylic acids is 1. The Morgan fingerprint density at radius 2 is 2.00 bits per heavy atom. The minimum Gasteiger partial charge on any atom is -0.491 e. The summed E-state index contributed by atoms with van der Waals surface area (Å²) < 4.78 is 11.3. The van der Waals surface area contributed by atoms with Gasteiger partial charge in [-0.3, -0.25) is 4.79 Å². The van der Waals surface area contributed by atoms with E-state index in [2.05, 4.69) is 10.6 Å². The third-order valence-corrected chi connectivity index (χ3v) is 4.61. The third-order valence-electron chi connectivity index (χ3n) is 4.39. The summed E-state index contributed by atoms with van der Waals surface area (Å²) >= 11 is 5.34. The molecular formula is C19H25N3O3S.